The molecule has 1 aromatic carbocycles. The van der Waals surface area contributed by atoms with Crippen molar-refractivity contribution in [2.45, 2.75) is 13.0 Å². The van der Waals surface area contributed by atoms with Crippen LogP contribution in [0.2, 0.25) is 0 Å². The van der Waals surface area contributed by atoms with Crippen LogP contribution in [0.3, 0.4) is 0 Å². The number of rotatable bonds is 3. The highest BCUT2D eigenvalue weighted by atomic mass is 17.3. The van der Waals surface area contributed by atoms with Crippen LogP contribution in [0.1, 0.15) is 5.56 Å². The molecule has 0 atom stereocenters. The van der Waals surface area contributed by atoms with E-state index in [0.29, 0.717) is 0 Å². The third-order valence-corrected chi connectivity index (χ3v) is 1.61. The quantitative estimate of drug-likeness (QED) is 0.627. The second-order valence-electron chi connectivity index (χ2n) is 2.44. The monoisotopic (exact) mass is 151 g/mol. The molecule has 0 unspecified atom stereocenters. The fraction of sp³-hybridized carbons (Fsp3) is 0.250. The summed E-state index contributed by atoms with van der Waals surface area (Å²) >= 11 is 0. The van der Waals surface area contributed by atoms with Crippen LogP contribution in [0.5, 0.6) is 0 Å². The first-order valence-corrected chi connectivity index (χ1v) is 3.61. The molecule has 0 amide bonds. The molecule has 2 rings (SSSR count). The van der Waals surface area contributed by atoms with Crippen LogP contribution in [0.25, 0.3) is 0 Å². The average Bonchev–Trinajstić information content (AvgIpc) is 2.86. The van der Waals surface area contributed by atoms with Gasteiger partial charge in [-0.2, -0.15) is 0 Å². The number of aromatic nitrogens is 1. The molecule has 0 N–H and O–H groups in total. The number of hydrogen-bond donors (Lipinski definition) is 0. The van der Waals surface area contributed by atoms with Gasteiger partial charge in [0, 0.05) is 4.91 Å². The summed E-state index contributed by atoms with van der Waals surface area (Å²) in [4.78, 5) is 1.45. The molecule has 58 valence electrons. The zero-order chi connectivity index (χ0) is 7.52. The number of aryl methyl sites for hydroxylation is 2. The fourth-order valence-electron chi connectivity index (χ4n) is 0.963. The van der Waals surface area contributed by atoms with Gasteiger partial charge in [0.25, 0.3) is 0 Å². The minimum Gasteiger partial charge on any atom is -0.133 e. The van der Waals surface area contributed by atoms with Gasteiger partial charge in [0.05, 0.1) is 0 Å². The standard InChI is InChI=1S/C8H9NO2/c1-2-4-8(5-3-1)6-7-9-10-11-9/h1-5H,6-7H2. The molecular weight excluding hydrogens is 142 g/mol. The van der Waals surface area contributed by atoms with Crippen molar-refractivity contribution in [3.8, 4) is 0 Å². The van der Waals surface area contributed by atoms with Gasteiger partial charge in [-0.05, 0) is 12.0 Å². The zero-order valence-corrected chi connectivity index (χ0v) is 6.06. The first-order chi connectivity index (χ1) is 5.45. The van der Waals surface area contributed by atoms with Crippen LogP contribution in [0.4, 0.5) is 0 Å². The topological polar surface area (TPSA) is 31.2 Å². The lowest BCUT2D eigenvalue weighted by Crippen LogP contribution is -1.91. The average molecular weight is 151 g/mol. The Balaban J connectivity index is 1.92. The molecule has 0 fully saturated rings. The van der Waals surface area contributed by atoms with Crippen LogP contribution in [-0.4, -0.2) is 4.91 Å². The van der Waals surface area contributed by atoms with Crippen molar-refractivity contribution >= 4 is 0 Å². The zero-order valence-electron chi connectivity index (χ0n) is 6.06. The Kier molecular flexibility index (Phi) is 1.55. The van der Waals surface area contributed by atoms with Crippen molar-refractivity contribution in [3.05, 3.63) is 35.9 Å². The summed E-state index contributed by atoms with van der Waals surface area (Å²) in [6.45, 7) is 0.796. The van der Waals surface area contributed by atoms with Crippen molar-refractivity contribution in [2.75, 3.05) is 0 Å². The SMILES string of the molecule is c1ccc(CCn2oo2)cc1. The summed E-state index contributed by atoms with van der Waals surface area (Å²) in [7, 11) is 0. The normalized spacial score (nSPS) is 10.5. The van der Waals surface area contributed by atoms with E-state index in [1.54, 1.807) is 0 Å². The van der Waals surface area contributed by atoms with Crippen LogP contribution >= 0.6 is 0 Å². The van der Waals surface area contributed by atoms with Gasteiger partial charge in [-0.15, -0.1) is 9.36 Å². The minimum atomic E-state index is 0.796. The molecule has 0 spiro atoms. The van der Waals surface area contributed by atoms with E-state index in [4.69, 9.17) is 0 Å². The molecule has 2 aromatic rings. The summed E-state index contributed by atoms with van der Waals surface area (Å²) in [5.41, 5.74) is 1.30. The molecule has 3 nitrogen and oxygen atoms in total. The van der Waals surface area contributed by atoms with Crippen molar-refractivity contribution in [2.24, 2.45) is 0 Å². The Bertz CT molecular complexity index is 282. The predicted octanol–water partition coefficient (Wildman–Crippen LogP) is 1.92. The summed E-state index contributed by atoms with van der Waals surface area (Å²) < 4.78 is 8.93. The second kappa shape index (κ2) is 2.70. The molecule has 11 heavy (non-hydrogen) atoms. The van der Waals surface area contributed by atoms with Gasteiger partial charge in [0.15, 0.2) is 0 Å². The van der Waals surface area contributed by atoms with Crippen LogP contribution < -0.4 is 0 Å². The Morgan fingerprint density at radius 2 is 1.82 bits per heavy atom. The highest BCUT2D eigenvalue weighted by Crippen LogP contribution is 2.03. The predicted molar refractivity (Wildman–Crippen MR) is 39.1 cm³/mol. The first kappa shape index (κ1) is 6.34. The Hall–Kier alpha value is -1.38. The van der Waals surface area contributed by atoms with E-state index in [2.05, 4.69) is 21.5 Å². The first-order valence-electron chi connectivity index (χ1n) is 3.61. The van der Waals surface area contributed by atoms with E-state index in [-0.39, 0.29) is 0 Å². The van der Waals surface area contributed by atoms with E-state index in [9.17, 15) is 0 Å². The van der Waals surface area contributed by atoms with Gasteiger partial charge < -0.3 is 0 Å². The molecule has 0 aliphatic carbocycles. The van der Waals surface area contributed by atoms with E-state index < -0.39 is 0 Å². The van der Waals surface area contributed by atoms with E-state index >= 15 is 0 Å². The molecular formula is C8H9NO2. The van der Waals surface area contributed by atoms with Gasteiger partial charge in [0.2, 0.25) is 0 Å². The molecule has 0 aliphatic heterocycles. The van der Waals surface area contributed by atoms with Gasteiger partial charge in [0.1, 0.15) is 6.54 Å². The third kappa shape index (κ3) is 1.77. The Morgan fingerprint density at radius 1 is 1.09 bits per heavy atom. The molecule has 0 radical (unpaired) electrons. The molecule has 1 heterocycles. The van der Waals surface area contributed by atoms with Gasteiger partial charge >= 0.3 is 0 Å². The number of benzene rings is 1. The molecule has 3 heteroatoms. The molecule has 0 saturated heterocycles. The van der Waals surface area contributed by atoms with Gasteiger partial charge in [-0.25, -0.2) is 0 Å². The highest BCUT2D eigenvalue weighted by Gasteiger charge is 2.00. The maximum Gasteiger partial charge on any atom is 0.104 e. The molecule has 0 aliphatic rings. The lowest BCUT2D eigenvalue weighted by atomic mass is 10.2. The third-order valence-electron chi connectivity index (χ3n) is 1.61. The number of hydrogen-bond acceptors (Lipinski definition) is 2. The second-order valence-corrected chi connectivity index (χ2v) is 2.44. The van der Waals surface area contributed by atoms with E-state index in [1.165, 1.54) is 10.5 Å². The van der Waals surface area contributed by atoms with Gasteiger partial charge in [-0.3, -0.25) is 0 Å². The van der Waals surface area contributed by atoms with Crippen molar-refractivity contribution in [1.82, 2.24) is 4.91 Å². The number of nitrogens with zero attached hydrogens (tertiary/aromatic N) is 1. The Morgan fingerprint density at radius 3 is 2.45 bits per heavy atom. The maximum atomic E-state index is 4.46. The van der Waals surface area contributed by atoms with Crippen molar-refractivity contribution in [3.63, 3.8) is 0 Å². The summed E-state index contributed by atoms with van der Waals surface area (Å²) in [6, 6.07) is 10.2. The fourth-order valence-corrected chi connectivity index (χ4v) is 0.963. The lowest BCUT2D eigenvalue weighted by Gasteiger charge is -1.93. The smallest absolute Gasteiger partial charge is 0.104 e. The lowest BCUT2D eigenvalue weighted by molar-refractivity contribution is 0.264. The highest BCUT2D eigenvalue weighted by molar-refractivity contribution is 5.14. The molecule has 1 aromatic heterocycles. The summed E-state index contributed by atoms with van der Waals surface area (Å²) in [5.74, 6) is 0. The minimum absolute atomic E-state index is 0.796. The van der Waals surface area contributed by atoms with Crippen LogP contribution in [0.15, 0.2) is 39.7 Å². The van der Waals surface area contributed by atoms with Gasteiger partial charge in [-0.1, -0.05) is 30.3 Å². The molecule has 0 bridgehead atoms. The van der Waals surface area contributed by atoms with E-state index in [1.807, 2.05) is 18.2 Å². The van der Waals surface area contributed by atoms with Crippen LogP contribution in [0, 0.1) is 0 Å². The molecule has 0 saturated carbocycles. The largest absolute Gasteiger partial charge is 0.133 e. The Labute approximate surface area is 64.1 Å². The summed E-state index contributed by atoms with van der Waals surface area (Å²) in [6.07, 6.45) is 0.959. The summed E-state index contributed by atoms with van der Waals surface area (Å²) in [5, 5.41) is 0. The van der Waals surface area contributed by atoms with Crippen LogP contribution in [-0.2, 0) is 13.0 Å². The van der Waals surface area contributed by atoms with E-state index in [0.717, 1.165) is 13.0 Å². The maximum absolute atomic E-state index is 4.46. The van der Waals surface area contributed by atoms with Crippen molar-refractivity contribution in [1.29, 1.82) is 0 Å². The van der Waals surface area contributed by atoms with Crippen molar-refractivity contribution < 1.29 is 9.36 Å².